The van der Waals surface area contributed by atoms with E-state index in [9.17, 15) is 0 Å². The Bertz CT molecular complexity index is 163. The molecule has 1 N–H and O–H groups in total. The van der Waals surface area contributed by atoms with Crippen LogP contribution in [0, 0.1) is 5.92 Å². The topological polar surface area (TPSA) is 29.5 Å². The van der Waals surface area contributed by atoms with Gasteiger partial charge in [0.1, 0.15) is 0 Å². The van der Waals surface area contributed by atoms with Gasteiger partial charge < -0.3 is 9.84 Å². The van der Waals surface area contributed by atoms with Gasteiger partial charge in [0, 0.05) is 6.61 Å². The lowest BCUT2D eigenvalue weighted by Gasteiger charge is -2.26. The fraction of sp³-hybridized carbons (Fsp3) is 0.800. The zero-order chi connectivity index (χ0) is 8.97. The Morgan fingerprint density at radius 1 is 1.67 bits per heavy atom. The quantitative estimate of drug-likeness (QED) is 0.702. The molecule has 0 saturated carbocycles. The highest BCUT2D eigenvalue weighted by Gasteiger charge is 2.18. The van der Waals surface area contributed by atoms with Gasteiger partial charge in [-0.3, -0.25) is 0 Å². The Morgan fingerprint density at radius 2 is 2.42 bits per heavy atom. The predicted molar refractivity (Wildman–Crippen MR) is 48.7 cm³/mol. The minimum atomic E-state index is 0.275. The highest BCUT2D eigenvalue weighted by atomic mass is 16.5. The highest BCUT2D eigenvalue weighted by Crippen LogP contribution is 2.25. The molecular formula is C10H18O2. The molecule has 12 heavy (non-hydrogen) atoms. The van der Waals surface area contributed by atoms with Crippen molar-refractivity contribution in [1.29, 1.82) is 0 Å². The molecule has 0 bridgehead atoms. The van der Waals surface area contributed by atoms with E-state index in [1.54, 1.807) is 0 Å². The Kier molecular flexibility index (Phi) is 3.60. The van der Waals surface area contributed by atoms with E-state index in [1.807, 2.05) is 6.26 Å². The minimum Gasteiger partial charge on any atom is -0.498 e. The summed E-state index contributed by atoms with van der Waals surface area (Å²) in [5, 5.41) is 8.64. The average Bonchev–Trinajstić information content (AvgIpc) is 2.07. The van der Waals surface area contributed by atoms with Crippen LogP contribution in [0.2, 0.25) is 0 Å². The van der Waals surface area contributed by atoms with Crippen LogP contribution in [-0.4, -0.2) is 17.8 Å². The first-order valence-corrected chi connectivity index (χ1v) is 4.67. The maximum atomic E-state index is 8.64. The van der Waals surface area contributed by atoms with Crippen molar-refractivity contribution in [3.05, 3.63) is 11.8 Å². The lowest BCUT2D eigenvalue weighted by Crippen LogP contribution is -2.20. The van der Waals surface area contributed by atoms with E-state index in [0.717, 1.165) is 19.3 Å². The first-order valence-electron chi connectivity index (χ1n) is 4.67. The van der Waals surface area contributed by atoms with Gasteiger partial charge in [-0.2, -0.15) is 0 Å². The van der Waals surface area contributed by atoms with Crippen LogP contribution in [0.1, 0.15) is 33.1 Å². The van der Waals surface area contributed by atoms with Crippen molar-refractivity contribution >= 4 is 0 Å². The number of rotatable bonds is 3. The SMILES string of the molecule is CC1=COC(CCCO)CC1C. The van der Waals surface area contributed by atoms with Crippen LogP contribution in [0.5, 0.6) is 0 Å². The third-order valence-electron chi connectivity index (χ3n) is 2.52. The van der Waals surface area contributed by atoms with Crippen LogP contribution in [0.3, 0.4) is 0 Å². The molecule has 0 amide bonds. The normalized spacial score (nSPS) is 29.4. The van der Waals surface area contributed by atoms with Crippen molar-refractivity contribution < 1.29 is 9.84 Å². The zero-order valence-electron chi connectivity index (χ0n) is 7.92. The molecule has 2 heteroatoms. The summed E-state index contributed by atoms with van der Waals surface area (Å²) in [7, 11) is 0. The van der Waals surface area contributed by atoms with E-state index in [4.69, 9.17) is 9.84 Å². The van der Waals surface area contributed by atoms with E-state index in [2.05, 4.69) is 13.8 Å². The number of aliphatic hydroxyl groups excluding tert-OH is 1. The maximum Gasteiger partial charge on any atom is 0.0984 e. The first kappa shape index (κ1) is 9.59. The molecule has 1 aliphatic rings. The monoisotopic (exact) mass is 170 g/mol. The van der Waals surface area contributed by atoms with Crippen LogP contribution in [0.4, 0.5) is 0 Å². The first-order chi connectivity index (χ1) is 5.74. The largest absolute Gasteiger partial charge is 0.498 e. The fourth-order valence-electron chi connectivity index (χ4n) is 1.46. The third kappa shape index (κ3) is 2.52. The second kappa shape index (κ2) is 4.51. The van der Waals surface area contributed by atoms with Gasteiger partial charge in [-0.15, -0.1) is 0 Å². The summed E-state index contributed by atoms with van der Waals surface area (Å²) in [5.41, 5.74) is 1.33. The van der Waals surface area contributed by atoms with Crippen molar-refractivity contribution in [3.8, 4) is 0 Å². The fourth-order valence-corrected chi connectivity index (χ4v) is 1.46. The number of ether oxygens (including phenoxy) is 1. The predicted octanol–water partition coefficient (Wildman–Crippen LogP) is 2.09. The molecule has 0 aromatic carbocycles. The zero-order valence-corrected chi connectivity index (χ0v) is 7.92. The van der Waals surface area contributed by atoms with Crippen LogP contribution in [0.25, 0.3) is 0 Å². The minimum absolute atomic E-state index is 0.275. The summed E-state index contributed by atoms with van der Waals surface area (Å²) in [5.74, 6) is 0.641. The molecule has 0 saturated heterocycles. The molecular weight excluding hydrogens is 152 g/mol. The van der Waals surface area contributed by atoms with Gasteiger partial charge in [0.2, 0.25) is 0 Å². The van der Waals surface area contributed by atoms with E-state index in [-0.39, 0.29) is 6.61 Å². The van der Waals surface area contributed by atoms with Crippen molar-refractivity contribution in [3.63, 3.8) is 0 Å². The molecule has 1 heterocycles. The molecule has 70 valence electrons. The van der Waals surface area contributed by atoms with Crippen LogP contribution in [0.15, 0.2) is 11.8 Å². The van der Waals surface area contributed by atoms with E-state index in [0.29, 0.717) is 12.0 Å². The summed E-state index contributed by atoms with van der Waals surface area (Å²) in [6, 6.07) is 0. The molecule has 1 aliphatic heterocycles. The molecule has 0 aromatic rings. The van der Waals surface area contributed by atoms with Gasteiger partial charge in [0.15, 0.2) is 0 Å². The van der Waals surface area contributed by atoms with Gasteiger partial charge in [0.05, 0.1) is 12.4 Å². The molecule has 0 fully saturated rings. The molecule has 2 atom stereocenters. The van der Waals surface area contributed by atoms with Crippen LogP contribution >= 0.6 is 0 Å². The van der Waals surface area contributed by atoms with Gasteiger partial charge in [-0.25, -0.2) is 0 Å². The Labute approximate surface area is 74.2 Å². The Morgan fingerprint density at radius 3 is 3.00 bits per heavy atom. The summed E-state index contributed by atoms with van der Waals surface area (Å²) in [6.45, 7) is 4.60. The molecule has 2 unspecified atom stereocenters. The molecule has 0 aromatic heterocycles. The summed E-state index contributed by atoms with van der Waals surface area (Å²) in [4.78, 5) is 0. The summed E-state index contributed by atoms with van der Waals surface area (Å²) >= 11 is 0. The van der Waals surface area contributed by atoms with E-state index >= 15 is 0 Å². The van der Waals surface area contributed by atoms with Crippen LogP contribution < -0.4 is 0 Å². The van der Waals surface area contributed by atoms with Crippen molar-refractivity contribution in [2.24, 2.45) is 5.92 Å². The molecule has 0 spiro atoms. The average molecular weight is 170 g/mol. The summed E-state index contributed by atoms with van der Waals surface area (Å²) in [6.07, 6.45) is 5.13. The van der Waals surface area contributed by atoms with Crippen molar-refractivity contribution in [2.75, 3.05) is 6.61 Å². The summed E-state index contributed by atoms with van der Waals surface area (Å²) < 4.78 is 5.49. The Balaban J connectivity index is 2.32. The van der Waals surface area contributed by atoms with Crippen LogP contribution in [-0.2, 0) is 4.74 Å². The van der Waals surface area contributed by atoms with Gasteiger partial charge in [0.25, 0.3) is 0 Å². The smallest absolute Gasteiger partial charge is 0.0984 e. The highest BCUT2D eigenvalue weighted by molar-refractivity contribution is 5.02. The number of allylic oxidation sites excluding steroid dienone is 1. The Hall–Kier alpha value is -0.500. The van der Waals surface area contributed by atoms with E-state index < -0.39 is 0 Å². The van der Waals surface area contributed by atoms with Gasteiger partial charge >= 0.3 is 0 Å². The maximum absolute atomic E-state index is 8.64. The van der Waals surface area contributed by atoms with Gasteiger partial charge in [-0.1, -0.05) is 6.92 Å². The van der Waals surface area contributed by atoms with Crippen molar-refractivity contribution in [2.45, 2.75) is 39.2 Å². The molecule has 1 rings (SSSR count). The second-order valence-corrected chi connectivity index (χ2v) is 3.62. The lowest BCUT2D eigenvalue weighted by atomic mass is 9.93. The second-order valence-electron chi connectivity index (χ2n) is 3.62. The van der Waals surface area contributed by atoms with E-state index in [1.165, 1.54) is 5.57 Å². The van der Waals surface area contributed by atoms with Gasteiger partial charge in [-0.05, 0) is 37.7 Å². The molecule has 0 aliphatic carbocycles. The standard InChI is InChI=1S/C10H18O2/c1-8-6-10(4-3-5-11)12-7-9(8)2/h7-8,10-11H,3-6H2,1-2H3. The molecule has 0 radical (unpaired) electrons. The molecule has 2 nitrogen and oxygen atoms in total. The number of aliphatic hydroxyl groups is 1. The lowest BCUT2D eigenvalue weighted by molar-refractivity contribution is 0.0879. The van der Waals surface area contributed by atoms with Crippen molar-refractivity contribution in [1.82, 2.24) is 0 Å². The number of hydrogen-bond acceptors (Lipinski definition) is 2. The number of hydrogen-bond donors (Lipinski definition) is 1. The third-order valence-corrected chi connectivity index (χ3v) is 2.52.